The van der Waals surface area contributed by atoms with Crippen molar-refractivity contribution in [2.45, 2.75) is 19.3 Å². The molecule has 48 valence electrons. The van der Waals surface area contributed by atoms with Crippen LogP contribution in [0.25, 0.3) is 0 Å². The summed E-state index contributed by atoms with van der Waals surface area (Å²) in [6.07, 6.45) is 10.6. The zero-order chi connectivity index (χ0) is 6.10. The first-order chi connectivity index (χ1) is 4.47. The monoisotopic (exact) mass is 121 g/mol. The highest BCUT2D eigenvalue weighted by atomic mass is 15.1. The van der Waals surface area contributed by atoms with Crippen molar-refractivity contribution in [1.82, 2.24) is 4.90 Å². The van der Waals surface area contributed by atoms with Crippen molar-refractivity contribution < 1.29 is 0 Å². The molecule has 0 amide bonds. The third kappa shape index (κ3) is 0.766. The first-order valence-corrected chi connectivity index (χ1v) is 3.59. The van der Waals surface area contributed by atoms with Gasteiger partial charge in [0, 0.05) is 12.2 Å². The molecule has 0 radical (unpaired) electrons. The van der Waals surface area contributed by atoms with Gasteiger partial charge >= 0.3 is 0 Å². The van der Waals surface area contributed by atoms with Crippen LogP contribution in [-0.4, -0.2) is 11.4 Å². The van der Waals surface area contributed by atoms with E-state index in [-0.39, 0.29) is 0 Å². The second kappa shape index (κ2) is 1.90. The van der Waals surface area contributed by atoms with Gasteiger partial charge in [-0.15, -0.1) is 0 Å². The SMILES string of the molecule is C1=CN2CCC=C2CC1. The van der Waals surface area contributed by atoms with Crippen LogP contribution in [0.4, 0.5) is 0 Å². The predicted molar refractivity (Wildman–Crippen MR) is 37.8 cm³/mol. The van der Waals surface area contributed by atoms with Gasteiger partial charge in [-0.2, -0.15) is 0 Å². The standard InChI is InChI=1S/C8H11N/c1-2-6-9-7-3-5-8(9)4-1/h2,5-6H,1,3-4,7H2. The quantitative estimate of drug-likeness (QED) is 0.473. The summed E-state index contributed by atoms with van der Waals surface area (Å²) in [6.45, 7) is 1.21. The number of allylic oxidation sites excluding steroid dienone is 2. The van der Waals surface area contributed by atoms with Gasteiger partial charge in [0.15, 0.2) is 0 Å². The number of rotatable bonds is 0. The molecule has 0 N–H and O–H groups in total. The number of nitrogens with zero attached hydrogens (tertiary/aromatic N) is 1. The van der Waals surface area contributed by atoms with Crippen LogP contribution in [0.15, 0.2) is 24.0 Å². The summed E-state index contributed by atoms with van der Waals surface area (Å²) >= 11 is 0. The summed E-state index contributed by atoms with van der Waals surface area (Å²) in [5.41, 5.74) is 1.54. The smallest absolute Gasteiger partial charge is 0.0257 e. The molecule has 1 nitrogen and oxygen atoms in total. The highest BCUT2D eigenvalue weighted by Crippen LogP contribution is 2.23. The van der Waals surface area contributed by atoms with Gasteiger partial charge in [-0.3, -0.25) is 0 Å². The van der Waals surface area contributed by atoms with Crippen LogP contribution in [0.3, 0.4) is 0 Å². The average molecular weight is 121 g/mol. The fraction of sp³-hybridized carbons (Fsp3) is 0.500. The molecule has 2 aliphatic heterocycles. The third-order valence-corrected chi connectivity index (χ3v) is 1.97. The van der Waals surface area contributed by atoms with Gasteiger partial charge in [0.1, 0.15) is 0 Å². The molecule has 0 aromatic heterocycles. The minimum absolute atomic E-state index is 1.21. The molecule has 1 heteroatoms. The largest absolute Gasteiger partial charge is 0.352 e. The summed E-state index contributed by atoms with van der Waals surface area (Å²) in [6, 6.07) is 0. The van der Waals surface area contributed by atoms with Crippen molar-refractivity contribution in [3.05, 3.63) is 24.0 Å². The molecule has 9 heavy (non-hydrogen) atoms. The first kappa shape index (κ1) is 5.10. The van der Waals surface area contributed by atoms with Crippen LogP contribution >= 0.6 is 0 Å². The zero-order valence-electron chi connectivity index (χ0n) is 5.51. The minimum Gasteiger partial charge on any atom is -0.352 e. The highest BCUT2D eigenvalue weighted by Gasteiger charge is 2.13. The Kier molecular flexibility index (Phi) is 1.08. The molecule has 0 bridgehead atoms. The molecule has 2 rings (SSSR count). The van der Waals surface area contributed by atoms with Gasteiger partial charge in [0.25, 0.3) is 0 Å². The van der Waals surface area contributed by atoms with E-state index < -0.39 is 0 Å². The molecular weight excluding hydrogens is 110 g/mol. The van der Waals surface area contributed by atoms with E-state index in [9.17, 15) is 0 Å². The lowest BCUT2D eigenvalue weighted by Crippen LogP contribution is -2.14. The molecular formula is C8H11N. The van der Waals surface area contributed by atoms with E-state index in [1.165, 1.54) is 31.5 Å². The molecule has 0 fully saturated rings. The topological polar surface area (TPSA) is 3.24 Å². The number of hydrogen-bond acceptors (Lipinski definition) is 1. The summed E-state index contributed by atoms with van der Waals surface area (Å²) in [5, 5.41) is 0. The zero-order valence-corrected chi connectivity index (χ0v) is 5.51. The Labute approximate surface area is 55.7 Å². The van der Waals surface area contributed by atoms with Crippen molar-refractivity contribution in [2.75, 3.05) is 6.54 Å². The Morgan fingerprint density at radius 2 is 2.33 bits per heavy atom. The number of fused-ring (bicyclic) bond motifs is 1. The van der Waals surface area contributed by atoms with Crippen LogP contribution < -0.4 is 0 Å². The number of hydrogen-bond donors (Lipinski definition) is 0. The Morgan fingerprint density at radius 1 is 1.33 bits per heavy atom. The first-order valence-electron chi connectivity index (χ1n) is 3.59. The van der Waals surface area contributed by atoms with Gasteiger partial charge in [0.2, 0.25) is 0 Å². The van der Waals surface area contributed by atoms with Crippen LogP contribution in [0.2, 0.25) is 0 Å². The Morgan fingerprint density at radius 3 is 3.22 bits per heavy atom. The van der Waals surface area contributed by atoms with Gasteiger partial charge in [-0.1, -0.05) is 12.2 Å². The lowest BCUT2D eigenvalue weighted by molar-refractivity contribution is 0.472. The molecule has 0 atom stereocenters. The van der Waals surface area contributed by atoms with E-state index >= 15 is 0 Å². The molecule has 0 saturated heterocycles. The second-order valence-corrected chi connectivity index (χ2v) is 2.60. The van der Waals surface area contributed by atoms with Crippen LogP contribution in [0, 0.1) is 0 Å². The summed E-state index contributed by atoms with van der Waals surface area (Å²) in [7, 11) is 0. The summed E-state index contributed by atoms with van der Waals surface area (Å²) in [4.78, 5) is 2.35. The Bertz CT molecular complexity index is 167. The predicted octanol–water partition coefficient (Wildman–Crippen LogP) is 1.88. The molecule has 0 unspecified atom stereocenters. The van der Waals surface area contributed by atoms with Gasteiger partial charge in [0.05, 0.1) is 0 Å². The normalized spacial score (nSPS) is 24.0. The summed E-state index contributed by atoms with van der Waals surface area (Å²) in [5.74, 6) is 0. The van der Waals surface area contributed by atoms with E-state index in [0.29, 0.717) is 0 Å². The molecule has 2 heterocycles. The highest BCUT2D eigenvalue weighted by molar-refractivity contribution is 5.15. The molecule has 0 spiro atoms. The molecule has 0 aliphatic carbocycles. The van der Waals surface area contributed by atoms with Gasteiger partial charge < -0.3 is 4.90 Å². The average Bonchev–Trinajstić information content (AvgIpc) is 2.33. The maximum Gasteiger partial charge on any atom is 0.0257 e. The summed E-state index contributed by atoms with van der Waals surface area (Å²) < 4.78 is 0. The second-order valence-electron chi connectivity index (χ2n) is 2.60. The van der Waals surface area contributed by atoms with Crippen LogP contribution in [0.1, 0.15) is 19.3 Å². The Hall–Kier alpha value is -0.720. The van der Waals surface area contributed by atoms with Crippen molar-refractivity contribution in [2.24, 2.45) is 0 Å². The Balaban J connectivity index is 2.23. The van der Waals surface area contributed by atoms with Gasteiger partial charge in [-0.05, 0) is 25.5 Å². The minimum atomic E-state index is 1.21. The van der Waals surface area contributed by atoms with Crippen molar-refractivity contribution in [3.8, 4) is 0 Å². The fourth-order valence-corrected chi connectivity index (χ4v) is 1.48. The van der Waals surface area contributed by atoms with Crippen molar-refractivity contribution in [3.63, 3.8) is 0 Å². The van der Waals surface area contributed by atoms with E-state index in [1.807, 2.05) is 0 Å². The van der Waals surface area contributed by atoms with Gasteiger partial charge in [-0.25, -0.2) is 0 Å². The van der Waals surface area contributed by atoms with Crippen LogP contribution in [-0.2, 0) is 0 Å². The molecule has 0 saturated carbocycles. The van der Waals surface area contributed by atoms with Crippen LogP contribution in [0.5, 0.6) is 0 Å². The maximum atomic E-state index is 2.35. The molecule has 0 aromatic carbocycles. The third-order valence-electron chi connectivity index (χ3n) is 1.97. The molecule has 0 aromatic rings. The lowest BCUT2D eigenvalue weighted by Gasteiger charge is -2.20. The lowest BCUT2D eigenvalue weighted by atomic mass is 10.2. The van der Waals surface area contributed by atoms with Crippen molar-refractivity contribution >= 4 is 0 Å². The van der Waals surface area contributed by atoms with E-state index in [1.54, 1.807) is 0 Å². The van der Waals surface area contributed by atoms with E-state index in [0.717, 1.165) is 0 Å². The van der Waals surface area contributed by atoms with E-state index in [2.05, 4.69) is 23.3 Å². The maximum absolute atomic E-state index is 2.35. The fourth-order valence-electron chi connectivity index (χ4n) is 1.48. The molecule has 2 aliphatic rings. The van der Waals surface area contributed by atoms with E-state index in [4.69, 9.17) is 0 Å². The van der Waals surface area contributed by atoms with Crippen molar-refractivity contribution in [1.29, 1.82) is 0 Å².